The van der Waals surface area contributed by atoms with Gasteiger partial charge in [-0.15, -0.1) is 0 Å². The fraction of sp³-hybridized carbons (Fsp3) is 0.300. The molecule has 0 amide bonds. The highest BCUT2D eigenvalue weighted by molar-refractivity contribution is 5.10. The minimum Gasteiger partial charge on any atom is -0.370 e. The van der Waals surface area contributed by atoms with Crippen molar-refractivity contribution in [3.05, 3.63) is 52.0 Å². The van der Waals surface area contributed by atoms with Crippen LogP contribution < -0.4 is 10.6 Å². The molecule has 7 heteroatoms. The number of hydrogen-bond donors (Lipinski definition) is 2. The standard InChI is InChI=1S/C10H13FN4O2/c1-12-10(7-15(16)17)13-5-4-8-2-3-9(11)14-6-8/h2-3,6-7,12-13H,4-5H2,1H3/b10-7+. The van der Waals surface area contributed by atoms with E-state index >= 15 is 0 Å². The molecular weight excluding hydrogens is 227 g/mol. The minimum atomic E-state index is -0.543. The van der Waals surface area contributed by atoms with E-state index in [4.69, 9.17) is 0 Å². The molecule has 0 saturated heterocycles. The number of halogens is 1. The molecule has 6 nitrogen and oxygen atoms in total. The van der Waals surface area contributed by atoms with Crippen LogP contribution in [-0.2, 0) is 6.42 Å². The SMILES string of the molecule is CN/C(=C\[N+](=O)[O-])NCCc1ccc(F)nc1. The monoisotopic (exact) mass is 240 g/mol. The van der Waals surface area contributed by atoms with Crippen LogP contribution in [0.2, 0.25) is 0 Å². The highest BCUT2D eigenvalue weighted by Gasteiger charge is 2.00. The van der Waals surface area contributed by atoms with Crippen molar-refractivity contribution in [1.29, 1.82) is 0 Å². The van der Waals surface area contributed by atoms with Crippen molar-refractivity contribution in [2.75, 3.05) is 13.6 Å². The van der Waals surface area contributed by atoms with Crippen LogP contribution in [0.4, 0.5) is 4.39 Å². The molecule has 0 unspecified atom stereocenters. The first-order valence-corrected chi connectivity index (χ1v) is 4.99. The van der Waals surface area contributed by atoms with Gasteiger partial charge < -0.3 is 10.6 Å². The lowest BCUT2D eigenvalue weighted by Crippen LogP contribution is -2.26. The zero-order chi connectivity index (χ0) is 12.7. The maximum atomic E-state index is 12.5. The smallest absolute Gasteiger partial charge is 0.274 e. The van der Waals surface area contributed by atoms with E-state index in [1.165, 1.54) is 12.3 Å². The third-order valence-corrected chi connectivity index (χ3v) is 2.02. The van der Waals surface area contributed by atoms with Gasteiger partial charge in [0.05, 0.1) is 4.92 Å². The van der Waals surface area contributed by atoms with Gasteiger partial charge in [0.2, 0.25) is 5.95 Å². The quantitative estimate of drug-likeness (QED) is 0.433. The van der Waals surface area contributed by atoms with Crippen LogP contribution in [0.15, 0.2) is 30.4 Å². The number of nitro groups is 1. The highest BCUT2D eigenvalue weighted by atomic mass is 19.1. The van der Waals surface area contributed by atoms with Gasteiger partial charge in [0, 0.05) is 19.8 Å². The van der Waals surface area contributed by atoms with Crippen LogP contribution in [0.25, 0.3) is 0 Å². The number of nitrogens with zero attached hydrogens (tertiary/aromatic N) is 2. The van der Waals surface area contributed by atoms with Gasteiger partial charge in [-0.05, 0) is 18.1 Å². The van der Waals surface area contributed by atoms with Gasteiger partial charge in [-0.3, -0.25) is 10.1 Å². The fourth-order valence-electron chi connectivity index (χ4n) is 1.20. The van der Waals surface area contributed by atoms with Crippen molar-refractivity contribution in [2.24, 2.45) is 0 Å². The molecule has 1 heterocycles. The fourth-order valence-corrected chi connectivity index (χ4v) is 1.20. The molecule has 1 aromatic heterocycles. The van der Waals surface area contributed by atoms with Crippen molar-refractivity contribution in [1.82, 2.24) is 15.6 Å². The average Bonchev–Trinajstić information content (AvgIpc) is 2.30. The summed E-state index contributed by atoms with van der Waals surface area (Å²) in [6.07, 6.45) is 2.89. The summed E-state index contributed by atoms with van der Waals surface area (Å²) in [5, 5.41) is 15.7. The second-order valence-electron chi connectivity index (χ2n) is 3.24. The minimum absolute atomic E-state index is 0.324. The summed E-state index contributed by atoms with van der Waals surface area (Å²) >= 11 is 0. The lowest BCUT2D eigenvalue weighted by molar-refractivity contribution is -0.404. The van der Waals surface area contributed by atoms with E-state index < -0.39 is 10.9 Å². The van der Waals surface area contributed by atoms with E-state index in [1.807, 2.05) is 0 Å². The molecular formula is C10H13FN4O2. The first-order valence-electron chi connectivity index (χ1n) is 4.99. The van der Waals surface area contributed by atoms with E-state index in [-0.39, 0.29) is 0 Å². The second kappa shape index (κ2) is 6.41. The summed E-state index contributed by atoms with van der Waals surface area (Å²) < 4.78 is 12.5. The molecule has 0 radical (unpaired) electrons. The molecule has 0 aliphatic carbocycles. The van der Waals surface area contributed by atoms with Gasteiger partial charge in [-0.1, -0.05) is 6.07 Å². The summed E-state index contributed by atoms with van der Waals surface area (Å²) in [7, 11) is 1.59. The summed E-state index contributed by atoms with van der Waals surface area (Å²) in [6, 6.07) is 2.90. The Morgan fingerprint density at radius 2 is 2.41 bits per heavy atom. The Morgan fingerprint density at radius 3 is 2.94 bits per heavy atom. The van der Waals surface area contributed by atoms with Gasteiger partial charge in [-0.25, -0.2) is 4.98 Å². The van der Waals surface area contributed by atoms with E-state index in [0.29, 0.717) is 18.8 Å². The van der Waals surface area contributed by atoms with Gasteiger partial charge in [-0.2, -0.15) is 4.39 Å². The Labute approximate surface area is 97.7 Å². The van der Waals surface area contributed by atoms with Crippen LogP contribution in [0.1, 0.15) is 5.56 Å². The second-order valence-corrected chi connectivity index (χ2v) is 3.24. The normalized spacial score (nSPS) is 11.1. The first-order chi connectivity index (χ1) is 8.11. The van der Waals surface area contributed by atoms with Gasteiger partial charge in [0.25, 0.3) is 6.20 Å². The third-order valence-electron chi connectivity index (χ3n) is 2.02. The molecule has 0 atom stereocenters. The van der Waals surface area contributed by atoms with E-state index in [9.17, 15) is 14.5 Å². The van der Waals surface area contributed by atoms with Crippen LogP contribution in [-0.4, -0.2) is 23.5 Å². The molecule has 17 heavy (non-hydrogen) atoms. The molecule has 0 bridgehead atoms. The topological polar surface area (TPSA) is 80.1 Å². The summed E-state index contributed by atoms with van der Waals surface area (Å²) in [5.41, 5.74) is 0.857. The lowest BCUT2D eigenvalue weighted by atomic mass is 10.2. The molecule has 0 fully saturated rings. The predicted octanol–water partition coefficient (Wildman–Crippen LogP) is 0.648. The molecule has 0 aromatic carbocycles. The molecule has 2 N–H and O–H groups in total. The first kappa shape index (κ1) is 12.9. The number of nitrogens with one attached hydrogen (secondary N) is 2. The largest absolute Gasteiger partial charge is 0.370 e. The number of aromatic nitrogens is 1. The lowest BCUT2D eigenvalue weighted by Gasteiger charge is -2.07. The summed E-state index contributed by atoms with van der Waals surface area (Å²) in [6.45, 7) is 0.494. The number of pyridine rings is 1. The Kier molecular flexibility index (Phi) is 4.86. The maximum Gasteiger partial charge on any atom is 0.274 e. The molecule has 0 saturated carbocycles. The van der Waals surface area contributed by atoms with Gasteiger partial charge >= 0.3 is 0 Å². The maximum absolute atomic E-state index is 12.5. The van der Waals surface area contributed by atoms with Crippen LogP contribution in [0, 0.1) is 16.1 Å². The van der Waals surface area contributed by atoms with E-state index in [1.54, 1.807) is 13.1 Å². The average molecular weight is 240 g/mol. The Morgan fingerprint density at radius 1 is 1.65 bits per heavy atom. The molecule has 0 aliphatic heterocycles. The number of hydrogen-bond acceptors (Lipinski definition) is 5. The molecule has 1 rings (SSSR count). The van der Waals surface area contributed by atoms with Crippen LogP contribution in [0.5, 0.6) is 0 Å². The zero-order valence-electron chi connectivity index (χ0n) is 9.31. The Balaban J connectivity index is 2.41. The predicted molar refractivity (Wildman–Crippen MR) is 60.0 cm³/mol. The molecule has 1 aromatic rings. The summed E-state index contributed by atoms with van der Waals surface area (Å²) in [5.74, 6) is -0.198. The van der Waals surface area contributed by atoms with Gasteiger partial charge in [0.15, 0.2) is 5.82 Å². The molecule has 92 valence electrons. The Hall–Kier alpha value is -2.18. The highest BCUT2D eigenvalue weighted by Crippen LogP contribution is 1.99. The zero-order valence-corrected chi connectivity index (χ0v) is 9.31. The Bertz CT molecular complexity index is 405. The van der Waals surface area contributed by atoms with Crippen molar-refractivity contribution in [3.8, 4) is 0 Å². The van der Waals surface area contributed by atoms with E-state index in [2.05, 4.69) is 15.6 Å². The van der Waals surface area contributed by atoms with Crippen molar-refractivity contribution < 1.29 is 9.31 Å². The van der Waals surface area contributed by atoms with Crippen molar-refractivity contribution in [3.63, 3.8) is 0 Å². The van der Waals surface area contributed by atoms with Crippen molar-refractivity contribution in [2.45, 2.75) is 6.42 Å². The van der Waals surface area contributed by atoms with E-state index in [0.717, 1.165) is 11.8 Å². The van der Waals surface area contributed by atoms with Crippen molar-refractivity contribution >= 4 is 0 Å². The number of rotatable bonds is 6. The summed E-state index contributed by atoms with van der Waals surface area (Å²) in [4.78, 5) is 13.2. The van der Waals surface area contributed by atoms with Crippen LogP contribution in [0.3, 0.4) is 0 Å². The molecule has 0 aliphatic rings. The molecule has 0 spiro atoms. The third kappa shape index (κ3) is 4.92. The van der Waals surface area contributed by atoms with Gasteiger partial charge in [0.1, 0.15) is 0 Å². The van der Waals surface area contributed by atoms with Crippen LogP contribution >= 0.6 is 0 Å².